The van der Waals surface area contributed by atoms with E-state index in [4.69, 9.17) is 5.11 Å². The maximum absolute atomic E-state index is 10.6. The molecular formula is C10H8BrNO4. The van der Waals surface area contributed by atoms with E-state index in [0.717, 1.165) is 11.6 Å². The normalized spacial score (nSPS) is 10.6. The Kier molecular flexibility index (Phi) is 3.78. The highest BCUT2D eigenvalue weighted by atomic mass is 79.9. The van der Waals surface area contributed by atoms with Crippen molar-refractivity contribution < 1.29 is 14.8 Å². The smallest absolute Gasteiger partial charge is 0.328 e. The number of rotatable bonds is 3. The molecule has 0 bridgehead atoms. The first-order chi connectivity index (χ1) is 7.41. The van der Waals surface area contributed by atoms with E-state index < -0.39 is 10.9 Å². The fraction of sp³-hybridized carbons (Fsp3) is 0.100. The second-order valence-corrected chi connectivity index (χ2v) is 3.92. The van der Waals surface area contributed by atoms with Crippen molar-refractivity contribution in [3.05, 3.63) is 43.9 Å². The minimum Gasteiger partial charge on any atom is -0.478 e. The van der Waals surface area contributed by atoms with Gasteiger partial charge in [-0.25, -0.2) is 4.79 Å². The Labute approximate surface area is 99.7 Å². The molecule has 0 saturated heterocycles. The second kappa shape index (κ2) is 4.89. The third-order valence-corrected chi connectivity index (χ3v) is 2.81. The number of hydrogen-bond donors (Lipinski definition) is 1. The zero-order chi connectivity index (χ0) is 12.3. The van der Waals surface area contributed by atoms with Gasteiger partial charge in [0.15, 0.2) is 0 Å². The van der Waals surface area contributed by atoms with Crippen LogP contribution in [0.5, 0.6) is 0 Å². The van der Waals surface area contributed by atoms with Gasteiger partial charge in [0.25, 0.3) is 5.69 Å². The van der Waals surface area contributed by atoms with Crippen LogP contribution < -0.4 is 0 Å². The Morgan fingerprint density at radius 1 is 1.56 bits per heavy atom. The lowest BCUT2D eigenvalue weighted by Gasteiger charge is -2.03. The lowest BCUT2D eigenvalue weighted by molar-refractivity contribution is -0.385. The molecule has 1 N–H and O–H groups in total. The number of carbonyl (C=O) groups is 1. The zero-order valence-electron chi connectivity index (χ0n) is 8.31. The molecule has 0 unspecified atom stereocenters. The van der Waals surface area contributed by atoms with Crippen molar-refractivity contribution in [2.75, 3.05) is 0 Å². The number of halogens is 1. The van der Waals surface area contributed by atoms with Gasteiger partial charge in [0.1, 0.15) is 0 Å². The van der Waals surface area contributed by atoms with Crippen LogP contribution in [0.4, 0.5) is 5.69 Å². The van der Waals surface area contributed by atoms with Crippen molar-refractivity contribution in [2.45, 2.75) is 6.92 Å². The summed E-state index contributed by atoms with van der Waals surface area (Å²) in [6.45, 7) is 1.75. The molecule has 0 amide bonds. The second-order valence-electron chi connectivity index (χ2n) is 3.07. The van der Waals surface area contributed by atoms with Crippen LogP contribution in [0.15, 0.2) is 22.7 Å². The number of nitro benzene ring substituents is 1. The van der Waals surface area contributed by atoms with Crippen LogP contribution >= 0.6 is 15.9 Å². The number of non-ortho nitro benzene ring substituents is 1. The lowest BCUT2D eigenvalue weighted by Crippen LogP contribution is -1.92. The molecule has 0 heterocycles. The van der Waals surface area contributed by atoms with Crippen LogP contribution in [0.25, 0.3) is 6.08 Å². The molecule has 0 aliphatic carbocycles. The van der Waals surface area contributed by atoms with Gasteiger partial charge in [-0.2, -0.15) is 0 Å². The standard InChI is InChI=1S/C10H8BrNO4/c1-6-7(2-3-10(13)14)4-8(12(15)16)5-9(6)11/h2-5H,1H3,(H,13,14)/b3-2+. The van der Waals surface area contributed by atoms with Gasteiger partial charge in [0.05, 0.1) is 4.92 Å². The third kappa shape index (κ3) is 2.90. The van der Waals surface area contributed by atoms with Gasteiger partial charge >= 0.3 is 5.97 Å². The van der Waals surface area contributed by atoms with E-state index in [9.17, 15) is 14.9 Å². The van der Waals surface area contributed by atoms with Crippen molar-refractivity contribution in [2.24, 2.45) is 0 Å². The molecule has 5 nitrogen and oxygen atoms in total. The summed E-state index contributed by atoms with van der Waals surface area (Å²) in [5.41, 5.74) is 1.18. The van der Waals surface area contributed by atoms with E-state index in [-0.39, 0.29) is 5.69 Å². The molecule has 0 aliphatic rings. The van der Waals surface area contributed by atoms with E-state index in [1.807, 2.05) is 0 Å². The van der Waals surface area contributed by atoms with Crippen LogP contribution in [0.2, 0.25) is 0 Å². The fourth-order valence-corrected chi connectivity index (χ4v) is 1.59. The van der Waals surface area contributed by atoms with E-state index in [2.05, 4.69) is 15.9 Å². The van der Waals surface area contributed by atoms with Gasteiger partial charge in [-0.15, -0.1) is 0 Å². The molecule has 1 aromatic carbocycles. The lowest BCUT2D eigenvalue weighted by atomic mass is 10.1. The minimum absolute atomic E-state index is 0.0810. The predicted molar refractivity (Wildman–Crippen MR) is 62.2 cm³/mol. The number of carboxylic acids is 1. The molecule has 1 rings (SSSR count). The summed E-state index contributed by atoms with van der Waals surface area (Å²) >= 11 is 3.19. The summed E-state index contributed by atoms with van der Waals surface area (Å²) in [4.78, 5) is 20.4. The minimum atomic E-state index is -1.10. The van der Waals surface area contributed by atoms with Crippen molar-refractivity contribution in [1.29, 1.82) is 0 Å². The summed E-state index contributed by atoms with van der Waals surface area (Å²) in [5, 5.41) is 19.1. The molecule has 16 heavy (non-hydrogen) atoms. The van der Waals surface area contributed by atoms with Crippen LogP contribution in [0, 0.1) is 17.0 Å². The van der Waals surface area contributed by atoms with Crippen molar-refractivity contribution >= 4 is 33.7 Å². The Morgan fingerprint density at radius 3 is 2.69 bits per heavy atom. The first-order valence-corrected chi connectivity index (χ1v) is 5.06. The molecule has 0 spiro atoms. The average Bonchev–Trinajstić information content (AvgIpc) is 2.19. The van der Waals surface area contributed by atoms with Crippen LogP contribution in [0.3, 0.4) is 0 Å². The van der Waals surface area contributed by atoms with Crippen molar-refractivity contribution in [3.63, 3.8) is 0 Å². The SMILES string of the molecule is Cc1c(Br)cc([N+](=O)[O-])cc1/C=C/C(=O)O. The zero-order valence-corrected chi connectivity index (χ0v) is 9.89. The molecular weight excluding hydrogens is 278 g/mol. The number of nitrogens with zero attached hydrogens (tertiary/aromatic N) is 1. The summed E-state index contributed by atoms with van der Waals surface area (Å²) in [7, 11) is 0. The first kappa shape index (κ1) is 12.4. The highest BCUT2D eigenvalue weighted by Crippen LogP contribution is 2.27. The first-order valence-electron chi connectivity index (χ1n) is 4.27. The van der Waals surface area contributed by atoms with E-state index in [1.54, 1.807) is 6.92 Å². The Balaban J connectivity index is 3.27. The number of benzene rings is 1. The molecule has 0 saturated carbocycles. The number of nitro groups is 1. The molecule has 0 atom stereocenters. The van der Waals surface area contributed by atoms with Gasteiger partial charge in [0, 0.05) is 22.7 Å². The monoisotopic (exact) mass is 285 g/mol. The van der Waals surface area contributed by atoms with Gasteiger partial charge in [-0.3, -0.25) is 10.1 Å². The average molecular weight is 286 g/mol. The number of carboxylic acid groups (broad SMARTS) is 1. The highest BCUT2D eigenvalue weighted by Gasteiger charge is 2.11. The van der Waals surface area contributed by atoms with E-state index in [1.165, 1.54) is 18.2 Å². The van der Waals surface area contributed by atoms with Crippen molar-refractivity contribution in [1.82, 2.24) is 0 Å². The van der Waals surface area contributed by atoms with E-state index in [0.29, 0.717) is 10.0 Å². The maximum Gasteiger partial charge on any atom is 0.328 e. The molecule has 0 fully saturated rings. The summed E-state index contributed by atoms with van der Waals surface area (Å²) in [6, 6.07) is 2.72. The Bertz CT molecular complexity index is 482. The number of hydrogen-bond acceptors (Lipinski definition) is 3. The Hall–Kier alpha value is -1.69. The molecule has 6 heteroatoms. The maximum atomic E-state index is 10.6. The topological polar surface area (TPSA) is 80.4 Å². The van der Waals surface area contributed by atoms with Crippen LogP contribution in [0.1, 0.15) is 11.1 Å². The third-order valence-electron chi connectivity index (χ3n) is 1.99. The molecule has 0 aliphatic heterocycles. The van der Waals surface area contributed by atoms with Gasteiger partial charge in [-0.1, -0.05) is 15.9 Å². The van der Waals surface area contributed by atoms with Gasteiger partial charge in [0.2, 0.25) is 0 Å². The highest BCUT2D eigenvalue weighted by molar-refractivity contribution is 9.10. The summed E-state index contributed by atoms with van der Waals surface area (Å²) < 4.78 is 0.576. The van der Waals surface area contributed by atoms with Gasteiger partial charge in [-0.05, 0) is 24.1 Å². The molecule has 0 radical (unpaired) electrons. The predicted octanol–water partition coefficient (Wildman–Crippen LogP) is 2.76. The van der Waals surface area contributed by atoms with Crippen LogP contribution in [-0.4, -0.2) is 16.0 Å². The largest absolute Gasteiger partial charge is 0.478 e. The van der Waals surface area contributed by atoms with Crippen molar-refractivity contribution in [3.8, 4) is 0 Å². The fourth-order valence-electron chi connectivity index (χ4n) is 1.12. The quantitative estimate of drug-likeness (QED) is 0.526. The molecule has 0 aromatic heterocycles. The summed E-state index contributed by atoms with van der Waals surface area (Å²) in [6.07, 6.45) is 2.27. The number of aliphatic carboxylic acids is 1. The van der Waals surface area contributed by atoms with Gasteiger partial charge < -0.3 is 5.11 Å². The van der Waals surface area contributed by atoms with E-state index >= 15 is 0 Å². The summed E-state index contributed by atoms with van der Waals surface area (Å²) in [5.74, 6) is -1.10. The Morgan fingerprint density at radius 2 is 2.19 bits per heavy atom. The molecule has 1 aromatic rings. The molecule has 84 valence electrons. The van der Waals surface area contributed by atoms with Crippen LogP contribution in [-0.2, 0) is 4.79 Å².